The zero-order valence-electron chi connectivity index (χ0n) is 11.0. The topological polar surface area (TPSA) is 32.3 Å². The van der Waals surface area contributed by atoms with E-state index in [1.807, 2.05) is 25.1 Å². The highest BCUT2D eigenvalue weighted by molar-refractivity contribution is 5.26. The smallest absolute Gasteiger partial charge is 0.0914 e. The summed E-state index contributed by atoms with van der Waals surface area (Å²) in [6.07, 6.45) is 1.37. The SMILES string of the molecule is C=CC(C)NCC(O)c1ccc(C(C)C)cc1. The van der Waals surface area contributed by atoms with Crippen molar-refractivity contribution in [1.82, 2.24) is 5.32 Å². The van der Waals surface area contributed by atoms with E-state index in [4.69, 9.17) is 0 Å². The third-order valence-corrected chi connectivity index (χ3v) is 2.97. The first kappa shape index (κ1) is 13.9. The Morgan fingerprint density at radius 2 is 1.71 bits per heavy atom. The van der Waals surface area contributed by atoms with Crippen LogP contribution in [0.4, 0.5) is 0 Å². The number of nitrogens with one attached hydrogen (secondary N) is 1. The van der Waals surface area contributed by atoms with Crippen LogP contribution < -0.4 is 5.32 Å². The first-order chi connectivity index (χ1) is 8.04. The largest absolute Gasteiger partial charge is 0.387 e. The molecule has 0 saturated heterocycles. The number of aliphatic hydroxyl groups is 1. The zero-order chi connectivity index (χ0) is 12.8. The van der Waals surface area contributed by atoms with Crippen molar-refractivity contribution in [2.24, 2.45) is 0 Å². The van der Waals surface area contributed by atoms with Crippen LogP contribution in [-0.2, 0) is 0 Å². The van der Waals surface area contributed by atoms with Gasteiger partial charge in [-0.1, -0.05) is 44.2 Å². The zero-order valence-corrected chi connectivity index (χ0v) is 11.0. The summed E-state index contributed by atoms with van der Waals surface area (Å²) in [4.78, 5) is 0. The van der Waals surface area contributed by atoms with Crippen molar-refractivity contribution in [3.63, 3.8) is 0 Å². The standard InChI is InChI=1S/C15H23NO/c1-5-12(4)16-10-15(17)14-8-6-13(7-9-14)11(2)3/h5-9,11-12,15-17H,1,10H2,2-4H3. The van der Waals surface area contributed by atoms with E-state index in [-0.39, 0.29) is 6.04 Å². The van der Waals surface area contributed by atoms with E-state index in [9.17, 15) is 5.11 Å². The molecule has 0 saturated carbocycles. The van der Waals surface area contributed by atoms with Crippen molar-refractivity contribution in [2.75, 3.05) is 6.54 Å². The highest BCUT2D eigenvalue weighted by Crippen LogP contribution is 2.18. The third-order valence-electron chi connectivity index (χ3n) is 2.97. The van der Waals surface area contributed by atoms with Crippen molar-refractivity contribution in [2.45, 2.75) is 38.8 Å². The Bertz CT molecular complexity index is 342. The Labute approximate surface area is 104 Å². The van der Waals surface area contributed by atoms with Crippen LogP contribution in [0.5, 0.6) is 0 Å². The van der Waals surface area contributed by atoms with Crippen LogP contribution >= 0.6 is 0 Å². The number of benzene rings is 1. The molecule has 0 fully saturated rings. The van der Waals surface area contributed by atoms with Gasteiger partial charge in [0.15, 0.2) is 0 Å². The van der Waals surface area contributed by atoms with Crippen LogP contribution in [0.25, 0.3) is 0 Å². The maximum Gasteiger partial charge on any atom is 0.0914 e. The van der Waals surface area contributed by atoms with Crippen LogP contribution in [0.2, 0.25) is 0 Å². The highest BCUT2D eigenvalue weighted by atomic mass is 16.3. The van der Waals surface area contributed by atoms with Gasteiger partial charge in [-0.2, -0.15) is 0 Å². The summed E-state index contributed by atoms with van der Waals surface area (Å²) in [5.74, 6) is 0.528. The summed E-state index contributed by atoms with van der Waals surface area (Å²) < 4.78 is 0. The Balaban J connectivity index is 2.57. The maximum absolute atomic E-state index is 10.00. The van der Waals surface area contributed by atoms with E-state index in [0.717, 1.165) is 5.56 Å². The Morgan fingerprint density at radius 3 is 2.18 bits per heavy atom. The molecule has 2 atom stereocenters. The normalized spacial score (nSPS) is 14.6. The second-order valence-corrected chi connectivity index (χ2v) is 4.77. The second-order valence-electron chi connectivity index (χ2n) is 4.77. The van der Waals surface area contributed by atoms with Crippen LogP contribution in [0, 0.1) is 0 Å². The van der Waals surface area contributed by atoms with Gasteiger partial charge in [0.25, 0.3) is 0 Å². The van der Waals surface area contributed by atoms with Crippen LogP contribution in [0.3, 0.4) is 0 Å². The molecule has 1 rings (SSSR count). The minimum atomic E-state index is -0.460. The van der Waals surface area contributed by atoms with E-state index >= 15 is 0 Å². The predicted molar refractivity (Wildman–Crippen MR) is 73.2 cm³/mol. The van der Waals surface area contributed by atoms with Gasteiger partial charge < -0.3 is 10.4 Å². The van der Waals surface area contributed by atoms with Crippen molar-refractivity contribution in [3.05, 3.63) is 48.0 Å². The molecule has 0 bridgehead atoms. The number of hydrogen-bond acceptors (Lipinski definition) is 2. The molecule has 0 aliphatic heterocycles. The van der Waals surface area contributed by atoms with E-state index < -0.39 is 6.10 Å². The molecule has 0 spiro atoms. The molecule has 0 aliphatic carbocycles. The Kier molecular flexibility index (Phi) is 5.39. The molecular formula is C15H23NO. The molecule has 1 aromatic carbocycles. The lowest BCUT2D eigenvalue weighted by molar-refractivity contribution is 0.173. The van der Waals surface area contributed by atoms with Gasteiger partial charge in [0.2, 0.25) is 0 Å². The summed E-state index contributed by atoms with van der Waals surface area (Å²) in [6.45, 7) is 10.6. The van der Waals surface area contributed by atoms with Crippen LogP contribution in [0.15, 0.2) is 36.9 Å². The summed E-state index contributed by atoms with van der Waals surface area (Å²) in [5, 5.41) is 13.2. The number of hydrogen-bond donors (Lipinski definition) is 2. The number of aliphatic hydroxyl groups excluding tert-OH is 1. The van der Waals surface area contributed by atoms with Gasteiger partial charge in [0.05, 0.1) is 6.10 Å². The van der Waals surface area contributed by atoms with Gasteiger partial charge in [-0.25, -0.2) is 0 Å². The minimum Gasteiger partial charge on any atom is -0.387 e. The minimum absolute atomic E-state index is 0.222. The Morgan fingerprint density at radius 1 is 1.18 bits per heavy atom. The molecule has 0 aromatic heterocycles. The lowest BCUT2D eigenvalue weighted by atomic mass is 10.00. The lowest BCUT2D eigenvalue weighted by Gasteiger charge is -2.15. The summed E-state index contributed by atoms with van der Waals surface area (Å²) in [7, 11) is 0. The monoisotopic (exact) mass is 233 g/mol. The first-order valence-electron chi connectivity index (χ1n) is 6.18. The van der Waals surface area contributed by atoms with E-state index in [1.165, 1.54) is 5.56 Å². The van der Waals surface area contributed by atoms with Gasteiger partial charge in [-0.15, -0.1) is 6.58 Å². The van der Waals surface area contributed by atoms with Crippen molar-refractivity contribution < 1.29 is 5.11 Å². The highest BCUT2D eigenvalue weighted by Gasteiger charge is 2.08. The van der Waals surface area contributed by atoms with Gasteiger partial charge in [0.1, 0.15) is 0 Å². The van der Waals surface area contributed by atoms with Gasteiger partial charge in [-0.3, -0.25) is 0 Å². The van der Waals surface area contributed by atoms with Gasteiger partial charge in [0, 0.05) is 12.6 Å². The molecule has 2 N–H and O–H groups in total. The summed E-state index contributed by atoms with van der Waals surface area (Å²) in [5.41, 5.74) is 2.26. The molecule has 0 radical (unpaired) electrons. The third kappa shape index (κ3) is 4.33. The average molecular weight is 233 g/mol. The van der Waals surface area contributed by atoms with Crippen LogP contribution in [0.1, 0.15) is 43.9 Å². The van der Waals surface area contributed by atoms with Crippen LogP contribution in [-0.4, -0.2) is 17.7 Å². The predicted octanol–water partition coefficient (Wildman–Crippen LogP) is 3.01. The lowest BCUT2D eigenvalue weighted by Crippen LogP contribution is -2.28. The first-order valence-corrected chi connectivity index (χ1v) is 6.18. The van der Waals surface area contributed by atoms with E-state index in [2.05, 4.69) is 37.9 Å². The van der Waals surface area contributed by atoms with Crippen molar-refractivity contribution in [3.8, 4) is 0 Å². The molecule has 2 unspecified atom stereocenters. The summed E-state index contributed by atoms with van der Waals surface area (Å²) >= 11 is 0. The quantitative estimate of drug-likeness (QED) is 0.740. The second kappa shape index (κ2) is 6.58. The van der Waals surface area contributed by atoms with Crippen molar-refractivity contribution >= 4 is 0 Å². The van der Waals surface area contributed by atoms with Gasteiger partial charge >= 0.3 is 0 Å². The fourth-order valence-corrected chi connectivity index (χ4v) is 1.60. The molecule has 2 heteroatoms. The van der Waals surface area contributed by atoms with Gasteiger partial charge in [-0.05, 0) is 24.0 Å². The molecular weight excluding hydrogens is 210 g/mol. The maximum atomic E-state index is 10.00. The Hall–Kier alpha value is -1.12. The fraction of sp³-hybridized carbons (Fsp3) is 0.467. The van der Waals surface area contributed by atoms with E-state index in [1.54, 1.807) is 0 Å². The molecule has 0 aliphatic rings. The molecule has 0 heterocycles. The molecule has 2 nitrogen and oxygen atoms in total. The molecule has 94 valence electrons. The van der Waals surface area contributed by atoms with Crippen molar-refractivity contribution in [1.29, 1.82) is 0 Å². The van der Waals surface area contributed by atoms with E-state index in [0.29, 0.717) is 12.5 Å². The number of rotatable bonds is 6. The molecule has 1 aromatic rings. The summed E-state index contributed by atoms with van der Waals surface area (Å²) in [6, 6.07) is 8.39. The average Bonchev–Trinajstić information content (AvgIpc) is 2.35. The molecule has 17 heavy (non-hydrogen) atoms. The molecule has 0 amide bonds. The fourth-order valence-electron chi connectivity index (χ4n) is 1.60.